The molecular formula is C11H12F2O3. The topological polar surface area (TPSA) is 46.5 Å². The molecule has 0 saturated heterocycles. The number of halogens is 2. The van der Waals surface area contributed by atoms with Crippen LogP contribution in [0.1, 0.15) is 24.2 Å². The molecule has 1 aromatic rings. The molecule has 0 spiro atoms. The molecular weight excluding hydrogens is 218 g/mol. The van der Waals surface area contributed by atoms with E-state index >= 15 is 0 Å². The van der Waals surface area contributed by atoms with E-state index < -0.39 is 17.6 Å². The van der Waals surface area contributed by atoms with Gasteiger partial charge in [-0.3, -0.25) is 0 Å². The average molecular weight is 230 g/mol. The SMILES string of the molecule is CC(C)COc1cc(C(=O)O)cc(F)c1F. The van der Waals surface area contributed by atoms with Gasteiger partial charge in [0.25, 0.3) is 0 Å². The van der Waals surface area contributed by atoms with Gasteiger partial charge >= 0.3 is 5.97 Å². The number of hydrogen-bond acceptors (Lipinski definition) is 2. The summed E-state index contributed by atoms with van der Waals surface area (Å²) in [7, 11) is 0. The first kappa shape index (κ1) is 12.4. The minimum Gasteiger partial charge on any atom is -0.490 e. The molecule has 1 N–H and O–H groups in total. The van der Waals surface area contributed by atoms with Gasteiger partial charge in [0, 0.05) is 0 Å². The van der Waals surface area contributed by atoms with Gasteiger partial charge in [0.05, 0.1) is 12.2 Å². The molecule has 0 atom stereocenters. The lowest BCUT2D eigenvalue weighted by Crippen LogP contribution is -2.08. The molecule has 0 radical (unpaired) electrons. The van der Waals surface area contributed by atoms with Crippen molar-refractivity contribution >= 4 is 5.97 Å². The van der Waals surface area contributed by atoms with Crippen molar-refractivity contribution in [2.45, 2.75) is 13.8 Å². The summed E-state index contributed by atoms with van der Waals surface area (Å²) in [6.45, 7) is 3.88. The van der Waals surface area contributed by atoms with Crippen molar-refractivity contribution < 1.29 is 23.4 Å². The summed E-state index contributed by atoms with van der Waals surface area (Å²) in [6.07, 6.45) is 0. The van der Waals surface area contributed by atoms with Gasteiger partial charge in [-0.05, 0) is 18.1 Å². The van der Waals surface area contributed by atoms with Crippen LogP contribution < -0.4 is 4.74 Å². The van der Waals surface area contributed by atoms with Crippen LogP contribution in [0.25, 0.3) is 0 Å². The predicted octanol–water partition coefficient (Wildman–Crippen LogP) is 2.70. The normalized spacial score (nSPS) is 10.6. The van der Waals surface area contributed by atoms with Gasteiger partial charge in [0.15, 0.2) is 11.6 Å². The number of hydrogen-bond donors (Lipinski definition) is 1. The second-order valence-corrected chi connectivity index (χ2v) is 3.78. The summed E-state index contributed by atoms with van der Waals surface area (Å²) in [5.41, 5.74) is -0.336. The van der Waals surface area contributed by atoms with Crippen molar-refractivity contribution in [3.8, 4) is 5.75 Å². The van der Waals surface area contributed by atoms with Crippen LogP contribution in [0.15, 0.2) is 12.1 Å². The van der Waals surface area contributed by atoms with Crippen LogP contribution in [-0.4, -0.2) is 17.7 Å². The zero-order valence-electron chi connectivity index (χ0n) is 8.96. The zero-order chi connectivity index (χ0) is 12.3. The third-order valence-corrected chi connectivity index (χ3v) is 1.81. The van der Waals surface area contributed by atoms with Crippen LogP contribution in [0.4, 0.5) is 8.78 Å². The largest absolute Gasteiger partial charge is 0.490 e. The Balaban J connectivity index is 3.02. The molecule has 0 saturated carbocycles. The molecule has 0 aromatic heterocycles. The highest BCUT2D eigenvalue weighted by molar-refractivity contribution is 5.88. The zero-order valence-corrected chi connectivity index (χ0v) is 8.96. The molecule has 5 heteroatoms. The molecule has 0 aliphatic heterocycles. The number of ether oxygens (including phenoxy) is 1. The molecule has 0 amide bonds. The Hall–Kier alpha value is -1.65. The fourth-order valence-corrected chi connectivity index (χ4v) is 1.05. The highest BCUT2D eigenvalue weighted by Gasteiger charge is 2.15. The number of benzene rings is 1. The molecule has 1 aromatic carbocycles. The predicted molar refractivity (Wildman–Crippen MR) is 53.7 cm³/mol. The number of aromatic carboxylic acids is 1. The third kappa shape index (κ3) is 2.92. The lowest BCUT2D eigenvalue weighted by molar-refractivity contribution is 0.0695. The molecule has 0 aliphatic rings. The Kier molecular flexibility index (Phi) is 3.82. The van der Waals surface area contributed by atoms with E-state index in [1.165, 1.54) is 0 Å². The number of carboxylic acid groups (broad SMARTS) is 1. The van der Waals surface area contributed by atoms with Gasteiger partial charge in [-0.1, -0.05) is 13.8 Å². The first-order valence-electron chi connectivity index (χ1n) is 4.77. The smallest absolute Gasteiger partial charge is 0.335 e. The van der Waals surface area contributed by atoms with Crippen LogP contribution >= 0.6 is 0 Å². The Morgan fingerprint density at radius 1 is 1.44 bits per heavy atom. The van der Waals surface area contributed by atoms with Crippen molar-refractivity contribution in [3.05, 3.63) is 29.3 Å². The Morgan fingerprint density at radius 3 is 2.56 bits per heavy atom. The van der Waals surface area contributed by atoms with Crippen LogP contribution in [0, 0.1) is 17.6 Å². The van der Waals surface area contributed by atoms with E-state index in [0.717, 1.165) is 6.07 Å². The Morgan fingerprint density at radius 2 is 2.06 bits per heavy atom. The number of carboxylic acids is 1. The van der Waals surface area contributed by atoms with E-state index in [1.807, 2.05) is 13.8 Å². The van der Waals surface area contributed by atoms with E-state index in [2.05, 4.69) is 0 Å². The van der Waals surface area contributed by atoms with E-state index in [9.17, 15) is 13.6 Å². The van der Waals surface area contributed by atoms with Crippen molar-refractivity contribution in [3.63, 3.8) is 0 Å². The van der Waals surface area contributed by atoms with E-state index in [-0.39, 0.29) is 23.8 Å². The number of rotatable bonds is 4. The number of carbonyl (C=O) groups is 1. The van der Waals surface area contributed by atoms with Gasteiger partial charge in [-0.15, -0.1) is 0 Å². The van der Waals surface area contributed by atoms with Crippen LogP contribution in [-0.2, 0) is 0 Å². The molecule has 0 bridgehead atoms. The summed E-state index contributed by atoms with van der Waals surface area (Å²) >= 11 is 0. The van der Waals surface area contributed by atoms with E-state index in [4.69, 9.17) is 9.84 Å². The maximum Gasteiger partial charge on any atom is 0.335 e. The van der Waals surface area contributed by atoms with Gasteiger partial charge in [-0.25, -0.2) is 9.18 Å². The summed E-state index contributed by atoms with van der Waals surface area (Å²) in [5.74, 6) is -3.94. The summed E-state index contributed by atoms with van der Waals surface area (Å²) in [5, 5.41) is 8.66. The molecule has 1 rings (SSSR count). The average Bonchev–Trinajstić information content (AvgIpc) is 2.19. The summed E-state index contributed by atoms with van der Waals surface area (Å²) < 4.78 is 31.2. The monoisotopic (exact) mass is 230 g/mol. The maximum absolute atomic E-state index is 13.2. The van der Waals surface area contributed by atoms with Crippen molar-refractivity contribution in [1.82, 2.24) is 0 Å². The van der Waals surface area contributed by atoms with Crippen LogP contribution in [0.5, 0.6) is 5.75 Å². The molecule has 0 fully saturated rings. The fraction of sp³-hybridized carbons (Fsp3) is 0.364. The summed E-state index contributed by atoms with van der Waals surface area (Å²) in [6, 6.07) is 1.60. The van der Waals surface area contributed by atoms with Crippen LogP contribution in [0.3, 0.4) is 0 Å². The van der Waals surface area contributed by atoms with Crippen molar-refractivity contribution in [2.75, 3.05) is 6.61 Å². The highest BCUT2D eigenvalue weighted by Crippen LogP contribution is 2.22. The molecule has 0 heterocycles. The van der Waals surface area contributed by atoms with Crippen molar-refractivity contribution in [1.29, 1.82) is 0 Å². The van der Waals surface area contributed by atoms with Gasteiger partial charge in [0.1, 0.15) is 0 Å². The first-order chi connectivity index (χ1) is 7.41. The van der Waals surface area contributed by atoms with E-state index in [0.29, 0.717) is 6.07 Å². The quantitative estimate of drug-likeness (QED) is 0.865. The lowest BCUT2D eigenvalue weighted by atomic mass is 10.2. The molecule has 3 nitrogen and oxygen atoms in total. The molecule has 16 heavy (non-hydrogen) atoms. The van der Waals surface area contributed by atoms with Gasteiger partial charge in [-0.2, -0.15) is 4.39 Å². The van der Waals surface area contributed by atoms with Gasteiger partial charge < -0.3 is 9.84 Å². The second kappa shape index (κ2) is 4.92. The fourth-order valence-electron chi connectivity index (χ4n) is 1.05. The molecule has 88 valence electrons. The van der Waals surface area contributed by atoms with E-state index in [1.54, 1.807) is 0 Å². The molecule has 0 aliphatic carbocycles. The van der Waals surface area contributed by atoms with Crippen molar-refractivity contribution in [2.24, 2.45) is 5.92 Å². The van der Waals surface area contributed by atoms with Crippen LogP contribution in [0.2, 0.25) is 0 Å². The summed E-state index contributed by atoms with van der Waals surface area (Å²) in [4.78, 5) is 10.6. The Bertz CT molecular complexity index is 402. The first-order valence-corrected chi connectivity index (χ1v) is 4.77. The standard InChI is InChI=1S/C11H12F2O3/c1-6(2)5-16-9-4-7(11(14)15)3-8(12)10(9)13/h3-4,6H,5H2,1-2H3,(H,14,15). The maximum atomic E-state index is 13.2. The minimum atomic E-state index is -1.33. The second-order valence-electron chi connectivity index (χ2n) is 3.78. The van der Waals surface area contributed by atoms with Gasteiger partial charge in [0.2, 0.25) is 5.82 Å². The minimum absolute atomic E-state index is 0.135. The third-order valence-electron chi connectivity index (χ3n) is 1.81. The lowest BCUT2D eigenvalue weighted by Gasteiger charge is -2.10. The molecule has 0 unspecified atom stereocenters. The Labute approximate surface area is 91.7 Å². The highest BCUT2D eigenvalue weighted by atomic mass is 19.2.